The third kappa shape index (κ3) is 3.41. The van der Waals surface area contributed by atoms with Crippen molar-refractivity contribution in [2.45, 2.75) is 10.0 Å². The van der Waals surface area contributed by atoms with Crippen molar-refractivity contribution in [3.63, 3.8) is 0 Å². The highest BCUT2D eigenvalue weighted by Crippen LogP contribution is 2.38. The molecule has 12 heteroatoms. The highest BCUT2D eigenvalue weighted by atomic mass is 32.2. The van der Waals surface area contributed by atoms with Gasteiger partial charge in [0.25, 0.3) is 0 Å². The van der Waals surface area contributed by atoms with Gasteiger partial charge in [0.05, 0.1) is 4.55 Å². The molecule has 2 N–H and O–H groups in total. The quantitative estimate of drug-likeness (QED) is 0.491. The third-order valence-electron chi connectivity index (χ3n) is 4.91. The number of rotatable bonds is 5. The molecule has 1 atom stereocenters. The molecule has 0 radical (unpaired) electrons. The summed E-state index contributed by atoms with van der Waals surface area (Å²) in [6, 6.07) is 10.8. The first kappa shape index (κ1) is 21.0. The molecule has 29 heavy (non-hydrogen) atoms. The summed E-state index contributed by atoms with van der Waals surface area (Å²) in [7, 11) is -0.385. The summed E-state index contributed by atoms with van der Waals surface area (Å²) >= 11 is 0. The van der Waals surface area contributed by atoms with Gasteiger partial charge in [-0.3, -0.25) is 4.79 Å². The van der Waals surface area contributed by atoms with Crippen LogP contribution >= 0.6 is 0 Å². The Bertz CT molecular complexity index is 1130. The fourth-order valence-electron chi connectivity index (χ4n) is 2.97. The smallest absolute Gasteiger partial charge is 0.304 e. The van der Waals surface area contributed by atoms with Crippen LogP contribution in [0, 0.1) is 11.6 Å². The molecule has 0 amide bonds. The van der Waals surface area contributed by atoms with E-state index in [9.17, 15) is 22.0 Å². The maximum atomic E-state index is 14.2. The van der Waals surface area contributed by atoms with Crippen molar-refractivity contribution < 1.29 is 30.9 Å². The topological polar surface area (TPSA) is 95.7 Å². The van der Waals surface area contributed by atoms with Crippen LogP contribution in [0.2, 0.25) is 0 Å². The number of hydrogen-bond donors (Lipinski definition) is 1. The number of benzene rings is 2. The fraction of sp³-hybridized carbons (Fsp3) is 0.118. The SMILES string of the molecule is BC(B)(c1ccccc1)S(=O)(=O)OC1=C(N)O[C@@](B)(c2ccc(F)cc2F)C1=O. The van der Waals surface area contributed by atoms with Gasteiger partial charge < -0.3 is 14.7 Å². The Morgan fingerprint density at radius 3 is 2.31 bits per heavy atom. The van der Waals surface area contributed by atoms with Crippen LogP contribution < -0.4 is 5.73 Å². The first-order valence-electron chi connectivity index (χ1n) is 8.59. The fourth-order valence-corrected chi connectivity index (χ4v) is 3.98. The molecule has 1 aliphatic heterocycles. The molecule has 3 rings (SSSR count). The molecule has 0 bridgehead atoms. The number of halogens is 2. The molecule has 6 nitrogen and oxygen atoms in total. The highest BCUT2D eigenvalue weighted by Gasteiger charge is 2.51. The van der Waals surface area contributed by atoms with E-state index in [-0.39, 0.29) is 5.56 Å². The van der Waals surface area contributed by atoms with Crippen LogP contribution in [0.3, 0.4) is 0 Å². The number of hydrogen-bond acceptors (Lipinski definition) is 6. The highest BCUT2D eigenvalue weighted by molar-refractivity contribution is 7.90. The van der Waals surface area contributed by atoms with Gasteiger partial charge in [-0.25, -0.2) is 8.78 Å². The van der Waals surface area contributed by atoms with Crippen LogP contribution in [0.5, 0.6) is 0 Å². The summed E-state index contributed by atoms with van der Waals surface area (Å²) in [5.41, 5.74) is 3.83. The summed E-state index contributed by atoms with van der Waals surface area (Å²) in [6.07, 6.45) is 0. The molecule has 0 spiro atoms. The standard InChI is InChI=1S/C17H16B3F2NO5S/c18-16(11-7-6-10(21)8-12(11)22)14(24)13(15(23)27-16)28-29(25,26)17(19,20)9-4-2-1-3-5-9/h1-8H,18-20,23H2/t16-/m0/s1. The number of carbonyl (C=O) groups is 1. The monoisotopic (exact) mass is 417 g/mol. The second-order valence-corrected chi connectivity index (χ2v) is 9.29. The van der Waals surface area contributed by atoms with E-state index in [0.717, 1.165) is 12.1 Å². The average Bonchev–Trinajstić information content (AvgIpc) is 2.85. The Labute approximate surface area is 169 Å². The van der Waals surface area contributed by atoms with Crippen molar-refractivity contribution in [1.82, 2.24) is 0 Å². The summed E-state index contributed by atoms with van der Waals surface area (Å²) in [4.78, 5) is 12.9. The first-order chi connectivity index (χ1) is 13.4. The summed E-state index contributed by atoms with van der Waals surface area (Å²) in [5, 5.41) is 0. The molecule has 0 aliphatic carbocycles. The number of ketones is 1. The maximum absolute atomic E-state index is 14.2. The molecular formula is C17H16B3F2NO5S. The zero-order valence-corrected chi connectivity index (χ0v) is 16.7. The van der Waals surface area contributed by atoms with E-state index in [1.54, 1.807) is 30.3 Å². The summed E-state index contributed by atoms with van der Waals surface area (Å²) in [5.74, 6) is -4.23. The average molecular weight is 417 g/mol. The Kier molecular flexibility index (Phi) is 5.02. The predicted octanol–water partition coefficient (Wildman–Crippen LogP) is -1.10. The van der Waals surface area contributed by atoms with Gasteiger partial charge in [-0.15, -0.1) is 0 Å². The van der Waals surface area contributed by atoms with Crippen molar-refractivity contribution in [1.29, 1.82) is 0 Å². The Balaban J connectivity index is 1.96. The number of Topliss-reactive ketones (excluding diaryl/α,β-unsaturated/α-hetero) is 1. The molecule has 2 aromatic rings. The van der Waals surface area contributed by atoms with Crippen molar-refractivity contribution in [3.8, 4) is 0 Å². The Hall–Kier alpha value is -2.75. The van der Waals surface area contributed by atoms with Gasteiger partial charge in [-0.2, -0.15) is 8.42 Å². The van der Waals surface area contributed by atoms with E-state index in [1.807, 2.05) is 0 Å². The largest absolute Gasteiger partial charge is 0.467 e. The second-order valence-electron chi connectivity index (χ2n) is 7.20. The van der Waals surface area contributed by atoms with E-state index in [0.29, 0.717) is 11.6 Å². The Morgan fingerprint density at radius 2 is 1.72 bits per heavy atom. The molecule has 1 aliphatic rings. The molecule has 0 unspecified atom stereocenters. The maximum Gasteiger partial charge on any atom is 0.304 e. The second kappa shape index (κ2) is 6.94. The molecule has 0 fully saturated rings. The van der Waals surface area contributed by atoms with E-state index in [4.69, 9.17) is 14.7 Å². The van der Waals surface area contributed by atoms with Gasteiger partial charge in [0.1, 0.15) is 27.3 Å². The molecule has 148 valence electrons. The lowest BCUT2D eigenvalue weighted by Gasteiger charge is -2.26. The minimum atomic E-state index is -4.40. The zero-order valence-electron chi connectivity index (χ0n) is 15.9. The zero-order chi connectivity index (χ0) is 21.6. The third-order valence-corrected chi connectivity index (χ3v) is 6.78. The normalized spacial score (nSPS) is 19.9. The van der Waals surface area contributed by atoms with E-state index in [1.165, 1.54) is 23.5 Å². The van der Waals surface area contributed by atoms with E-state index < -0.39 is 49.2 Å². The molecule has 0 saturated heterocycles. The van der Waals surface area contributed by atoms with Gasteiger partial charge >= 0.3 is 10.1 Å². The molecule has 1 heterocycles. The van der Waals surface area contributed by atoms with Crippen molar-refractivity contribution in [3.05, 3.63) is 82.9 Å². The number of ether oxygens (including phenoxy) is 1. The van der Waals surface area contributed by atoms with Gasteiger partial charge in [-0.05, 0) is 17.7 Å². The van der Waals surface area contributed by atoms with Crippen LogP contribution in [0.1, 0.15) is 11.1 Å². The van der Waals surface area contributed by atoms with Gasteiger partial charge in [-0.1, -0.05) is 30.3 Å². The number of nitrogens with two attached hydrogens (primary N) is 1. The molecule has 0 aromatic heterocycles. The predicted molar refractivity (Wildman–Crippen MR) is 109 cm³/mol. The van der Waals surface area contributed by atoms with Crippen LogP contribution in [0.4, 0.5) is 8.78 Å². The van der Waals surface area contributed by atoms with Gasteiger partial charge in [0.2, 0.25) is 17.4 Å². The van der Waals surface area contributed by atoms with E-state index >= 15 is 0 Å². The van der Waals surface area contributed by atoms with Crippen LogP contribution in [-0.2, 0) is 33.9 Å². The van der Waals surface area contributed by atoms with Crippen LogP contribution in [0.25, 0.3) is 0 Å². The molecule has 2 aromatic carbocycles. The van der Waals surface area contributed by atoms with Crippen molar-refractivity contribution in [2.75, 3.05) is 0 Å². The lowest BCUT2D eigenvalue weighted by atomic mass is 9.65. The first-order valence-corrected chi connectivity index (χ1v) is 9.99. The van der Waals surface area contributed by atoms with Crippen LogP contribution in [0.15, 0.2) is 60.2 Å². The lowest BCUT2D eigenvalue weighted by Crippen LogP contribution is -2.40. The summed E-state index contributed by atoms with van der Waals surface area (Å²) in [6.45, 7) is 0. The van der Waals surface area contributed by atoms with E-state index in [2.05, 4.69) is 0 Å². The molecule has 0 saturated carbocycles. The molecular weight excluding hydrogens is 401 g/mol. The minimum absolute atomic E-state index is 0.301. The Morgan fingerprint density at radius 1 is 1.10 bits per heavy atom. The van der Waals surface area contributed by atoms with Crippen molar-refractivity contribution >= 4 is 39.4 Å². The van der Waals surface area contributed by atoms with Gasteiger partial charge in [0, 0.05) is 11.6 Å². The van der Waals surface area contributed by atoms with Crippen molar-refractivity contribution in [2.24, 2.45) is 5.73 Å². The summed E-state index contributed by atoms with van der Waals surface area (Å²) < 4.78 is 62.1. The van der Waals surface area contributed by atoms with Crippen LogP contribution in [-0.4, -0.2) is 37.7 Å². The van der Waals surface area contributed by atoms with Gasteiger partial charge in [0.15, 0.2) is 13.3 Å². The lowest BCUT2D eigenvalue weighted by molar-refractivity contribution is -0.126. The minimum Gasteiger partial charge on any atom is -0.467 e. The number of carbonyl (C=O) groups excluding carboxylic acids is 1.